The third kappa shape index (κ3) is 4.94. The number of aryl methyl sites for hydroxylation is 1. The number of hydrogen-bond acceptors (Lipinski definition) is 9. The molecule has 3 aromatic heterocycles. The van der Waals surface area contributed by atoms with Gasteiger partial charge in [-0.2, -0.15) is 5.26 Å². The second kappa shape index (κ2) is 10.2. The van der Waals surface area contributed by atoms with Crippen molar-refractivity contribution in [2.24, 2.45) is 0 Å². The van der Waals surface area contributed by atoms with Crippen LogP contribution >= 0.6 is 0 Å². The van der Waals surface area contributed by atoms with E-state index in [0.29, 0.717) is 45.8 Å². The molecule has 1 aromatic carbocycles. The maximum atomic E-state index is 13.4. The third-order valence-electron chi connectivity index (χ3n) is 5.71. The Morgan fingerprint density at radius 2 is 1.81 bits per heavy atom. The molecular weight excluding hydrogens is 482 g/mol. The molecule has 0 bridgehead atoms. The van der Waals surface area contributed by atoms with E-state index in [2.05, 4.69) is 15.2 Å². The number of nitrogens with zero attached hydrogens (tertiary/aromatic N) is 5. The van der Waals surface area contributed by atoms with Gasteiger partial charge in [-0.1, -0.05) is 6.07 Å². The number of pyridine rings is 1. The number of ether oxygens (including phenoxy) is 2. The summed E-state index contributed by atoms with van der Waals surface area (Å²) in [6.07, 6.45) is 1.61. The smallest absolute Gasteiger partial charge is 0.204 e. The van der Waals surface area contributed by atoms with E-state index in [1.165, 1.54) is 20.4 Å². The summed E-state index contributed by atoms with van der Waals surface area (Å²) in [7, 11) is -0.669. The van der Waals surface area contributed by atoms with Crippen molar-refractivity contribution < 1.29 is 22.3 Å². The van der Waals surface area contributed by atoms with E-state index < -0.39 is 20.8 Å². The second-order valence-electron chi connectivity index (χ2n) is 8.17. The van der Waals surface area contributed by atoms with Crippen molar-refractivity contribution >= 4 is 9.84 Å². The fourth-order valence-corrected chi connectivity index (χ4v) is 5.02. The molecule has 186 valence electrons. The molecule has 11 heteroatoms. The summed E-state index contributed by atoms with van der Waals surface area (Å²) in [6.45, 7) is 3.43. The maximum absolute atomic E-state index is 13.4. The topological polar surface area (TPSA) is 133 Å². The average Bonchev–Trinajstić information content (AvgIpc) is 3.49. The largest absolute Gasteiger partial charge is 0.494 e. The monoisotopic (exact) mass is 507 g/mol. The van der Waals surface area contributed by atoms with Crippen LogP contribution in [0.1, 0.15) is 29.8 Å². The van der Waals surface area contributed by atoms with E-state index in [4.69, 9.17) is 19.2 Å². The molecule has 0 aliphatic carbocycles. The Kier molecular flexibility index (Phi) is 7.07. The highest BCUT2D eigenvalue weighted by molar-refractivity contribution is 7.91. The lowest BCUT2D eigenvalue weighted by molar-refractivity contribution is 0.390. The van der Waals surface area contributed by atoms with Crippen LogP contribution in [0.25, 0.3) is 17.3 Å². The Hall–Kier alpha value is -4.17. The van der Waals surface area contributed by atoms with Gasteiger partial charge in [0.1, 0.15) is 34.8 Å². The van der Waals surface area contributed by atoms with Crippen LogP contribution < -0.4 is 9.47 Å². The molecule has 0 aliphatic rings. The molecule has 4 aromatic rings. The van der Waals surface area contributed by atoms with E-state index >= 15 is 0 Å². The van der Waals surface area contributed by atoms with Crippen LogP contribution in [0, 0.1) is 18.3 Å². The van der Waals surface area contributed by atoms with Gasteiger partial charge in [-0.3, -0.25) is 9.55 Å². The average molecular weight is 508 g/mol. The number of nitriles is 1. The molecule has 0 radical (unpaired) electrons. The lowest BCUT2D eigenvalue weighted by Crippen LogP contribution is -2.24. The molecule has 0 spiro atoms. The standard InChI is InChI=1S/C25H25N5O5S/c1-16-8-11-22(35-16)25-29-28-23(30(25)24-20(33-3)6-5-7-21(24)34-4)15-36(31,32)17(2)12-19-10-9-18(13-26)14-27-19/h5-11,14,17H,12,15H2,1-4H3/t17-/m0/s1. The fraction of sp³-hybridized carbons (Fsp3) is 0.280. The van der Waals surface area contributed by atoms with Crippen molar-refractivity contribution in [1.29, 1.82) is 5.26 Å². The number of benzene rings is 1. The van der Waals surface area contributed by atoms with Crippen molar-refractivity contribution in [2.45, 2.75) is 31.3 Å². The fourth-order valence-electron chi connectivity index (χ4n) is 3.77. The van der Waals surface area contributed by atoms with Crippen LogP contribution in [0.2, 0.25) is 0 Å². The molecule has 3 heterocycles. The first-order valence-corrected chi connectivity index (χ1v) is 12.8. The number of rotatable bonds is 9. The first-order valence-electron chi connectivity index (χ1n) is 11.1. The minimum absolute atomic E-state index is 0.182. The molecule has 36 heavy (non-hydrogen) atoms. The summed E-state index contributed by atoms with van der Waals surface area (Å²) in [4.78, 5) is 4.20. The summed E-state index contributed by atoms with van der Waals surface area (Å²) in [5.41, 5.74) is 1.45. The van der Waals surface area contributed by atoms with Crippen LogP contribution in [0.5, 0.6) is 11.5 Å². The van der Waals surface area contributed by atoms with Gasteiger partial charge < -0.3 is 13.9 Å². The van der Waals surface area contributed by atoms with Gasteiger partial charge in [0.05, 0.1) is 25.0 Å². The van der Waals surface area contributed by atoms with Crippen molar-refractivity contribution in [3.8, 4) is 34.8 Å². The molecule has 0 N–H and O–H groups in total. The van der Waals surface area contributed by atoms with Crippen molar-refractivity contribution in [3.63, 3.8) is 0 Å². The minimum atomic E-state index is -3.70. The van der Waals surface area contributed by atoms with Crippen LogP contribution in [-0.4, -0.2) is 47.6 Å². The van der Waals surface area contributed by atoms with Gasteiger partial charge in [0.25, 0.3) is 0 Å². The van der Waals surface area contributed by atoms with Gasteiger partial charge in [-0.25, -0.2) is 8.42 Å². The number of aromatic nitrogens is 4. The van der Waals surface area contributed by atoms with E-state index in [1.807, 2.05) is 6.07 Å². The number of methoxy groups -OCH3 is 2. The first-order chi connectivity index (χ1) is 17.3. The molecule has 10 nitrogen and oxygen atoms in total. The summed E-state index contributed by atoms with van der Waals surface area (Å²) < 4.78 is 45.4. The predicted molar refractivity (Wildman–Crippen MR) is 132 cm³/mol. The Bertz CT molecular complexity index is 1490. The third-order valence-corrected chi connectivity index (χ3v) is 7.76. The Balaban J connectivity index is 1.77. The van der Waals surface area contributed by atoms with Crippen molar-refractivity contribution in [2.75, 3.05) is 14.2 Å². The summed E-state index contributed by atoms with van der Waals surface area (Å²) in [5.74, 6) is 2.10. The Morgan fingerprint density at radius 3 is 2.36 bits per heavy atom. The molecule has 0 aliphatic heterocycles. The predicted octanol–water partition coefficient (Wildman–Crippen LogP) is 3.67. The summed E-state index contributed by atoms with van der Waals surface area (Å²) in [5, 5.41) is 16.7. The van der Waals surface area contributed by atoms with Crippen molar-refractivity contribution in [1.82, 2.24) is 19.7 Å². The minimum Gasteiger partial charge on any atom is -0.494 e. The molecule has 0 fully saturated rings. The second-order valence-corrected chi connectivity index (χ2v) is 10.6. The zero-order valence-corrected chi connectivity index (χ0v) is 21.1. The zero-order chi connectivity index (χ0) is 25.9. The Labute approximate surface area is 209 Å². The molecular formula is C25H25N5O5S. The zero-order valence-electron chi connectivity index (χ0n) is 20.3. The molecule has 0 unspecified atom stereocenters. The lowest BCUT2D eigenvalue weighted by atomic mass is 10.2. The lowest BCUT2D eigenvalue weighted by Gasteiger charge is -2.18. The Morgan fingerprint density at radius 1 is 1.08 bits per heavy atom. The van der Waals surface area contributed by atoms with E-state index in [0.717, 1.165) is 0 Å². The molecule has 0 saturated carbocycles. The first kappa shape index (κ1) is 24.9. The highest BCUT2D eigenvalue weighted by Crippen LogP contribution is 2.37. The summed E-state index contributed by atoms with van der Waals surface area (Å²) in [6, 6.07) is 14.1. The van der Waals surface area contributed by atoms with E-state index in [9.17, 15) is 8.42 Å². The molecule has 0 saturated heterocycles. The highest BCUT2D eigenvalue weighted by atomic mass is 32.2. The van der Waals surface area contributed by atoms with Crippen LogP contribution in [-0.2, 0) is 22.0 Å². The normalized spacial score (nSPS) is 12.2. The molecule has 1 atom stereocenters. The quantitative estimate of drug-likeness (QED) is 0.333. The van der Waals surface area contributed by atoms with Gasteiger partial charge in [0.2, 0.25) is 5.82 Å². The van der Waals surface area contributed by atoms with Crippen molar-refractivity contribution in [3.05, 3.63) is 71.5 Å². The van der Waals surface area contributed by atoms with Gasteiger partial charge in [-0.15, -0.1) is 10.2 Å². The van der Waals surface area contributed by atoms with Crippen LogP contribution in [0.15, 0.2) is 53.1 Å². The van der Waals surface area contributed by atoms with E-state index in [-0.39, 0.29) is 12.2 Å². The number of para-hydroxylation sites is 1. The van der Waals surface area contributed by atoms with Gasteiger partial charge in [-0.05, 0) is 50.2 Å². The number of furan rings is 1. The number of sulfone groups is 1. The SMILES string of the molecule is COc1cccc(OC)c1-n1c(CS(=O)(=O)[C@@H](C)Cc2ccc(C#N)cn2)nnc1-c1ccc(C)o1. The maximum Gasteiger partial charge on any atom is 0.204 e. The van der Waals surface area contributed by atoms with Gasteiger partial charge in [0.15, 0.2) is 21.4 Å². The van der Waals surface area contributed by atoms with E-state index in [1.54, 1.807) is 60.9 Å². The van der Waals surface area contributed by atoms with Crippen LogP contribution in [0.3, 0.4) is 0 Å². The highest BCUT2D eigenvalue weighted by Gasteiger charge is 2.29. The van der Waals surface area contributed by atoms with Gasteiger partial charge in [0, 0.05) is 18.3 Å². The summed E-state index contributed by atoms with van der Waals surface area (Å²) >= 11 is 0. The molecule has 4 rings (SSSR count). The van der Waals surface area contributed by atoms with Crippen LogP contribution in [0.4, 0.5) is 0 Å². The number of hydrogen-bond donors (Lipinski definition) is 0. The van der Waals surface area contributed by atoms with Gasteiger partial charge >= 0.3 is 0 Å². The molecule has 0 amide bonds.